The third-order valence-corrected chi connectivity index (χ3v) is 2.13. The van der Waals surface area contributed by atoms with Crippen LogP contribution >= 0.6 is 0 Å². The number of nitrogens with zero attached hydrogens (tertiary/aromatic N) is 2. The first kappa shape index (κ1) is 11.3. The van der Waals surface area contributed by atoms with Gasteiger partial charge in [0.15, 0.2) is 0 Å². The predicted octanol–water partition coefficient (Wildman–Crippen LogP) is 0.165. The molecule has 0 aliphatic rings. The van der Waals surface area contributed by atoms with Crippen molar-refractivity contribution >= 4 is 5.69 Å². The highest BCUT2D eigenvalue weighted by Crippen LogP contribution is 1.95. The van der Waals surface area contributed by atoms with Gasteiger partial charge in [0.1, 0.15) is 5.69 Å². The van der Waals surface area contributed by atoms with Crippen LogP contribution in [0, 0.1) is 0 Å². The van der Waals surface area contributed by atoms with E-state index in [4.69, 9.17) is 0 Å². The number of rotatable bonds is 4. The van der Waals surface area contributed by atoms with E-state index >= 15 is 0 Å². The third-order valence-electron chi connectivity index (χ3n) is 2.13. The lowest BCUT2D eigenvalue weighted by atomic mass is 10.4. The SMILES string of the molecule is C=CCNc1cn(CC)c(=O)n(C)c1=O. The molecule has 0 amide bonds. The Hall–Kier alpha value is -1.78. The van der Waals surface area contributed by atoms with E-state index in [1.54, 1.807) is 6.08 Å². The largest absolute Gasteiger partial charge is 0.376 e. The van der Waals surface area contributed by atoms with Gasteiger partial charge in [-0.2, -0.15) is 0 Å². The summed E-state index contributed by atoms with van der Waals surface area (Å²) >= 11 is 0. The van der Waals surface area contributed by atoms with Crippen LogP contribution in [0.25, 0.3) is 0 Å². The molecule has 1 rings (SSSR count). The number of hydrogen-bond acceptors (Lipinski definition) is 3. The van der Waals surface area contributed by atoms with Crippen LogP contribution in [-0.2, 0) is 13.6 Å². The second-order valence-electron chi connectivity index (χ2n) is 3.15. The van der Waals surface area contributed by atoms with Gasteiger partial charge in [-0.1, -0.05) is 6.08 Å². The molecule has 0 saturated carbocycles. The van der Waals surface area contributed by atoms with E-state index in [1.165, 1.54) is 17.8 Å². The molecule has 0 aromatic carbocycles. The zero-order valence-electron chi connectivity index (χ0n) is 8.99. The van der Waals surface area contributed by atoms with Crippen molar-refractivity contribution in [2.45, 2.75) is 13.5 Å². The zero-order valence-corrected chi connectivity index (χ0v) is 8.99. The maximum Gasteiger partial charge on any atom is 0.330 e. The summed E-state index contributed by atoms with van der Waals surface area (Å²) in [7, 11) is 1.47. The van der Waals surface area contributed by atoms with Crippen molar-refractivity contribution in [1.29, 1.82) is 0 Å². The van der Waals surface area contributed by atoms with Crippen molar-refractivity contribution in [1.82, 2.24) is 9.13 Å². The van der Waals surface area contributed by atoms with Gasteiger partial charge < -0.3 is 5.32 Å². The van der Waals surface area contributed by atoms with Crippen LogP contribution in [0.1, 0.15) is 6.92 Å². The molecule has 0 aliphatic carbocycles. The summed E-state index contributed by atoms with van der Waals surface area (Å²) < 4.78 is 2.57. The number of aryl methyl sites for hydroxylation is 1. The highest BCUT2D eigenvalue weighted by molar-refractivity contribution is 5.38. The Morgan fingerprint density at radius 3 is 2.73 bits per heavy atom. The number of aromatic nitrogens is 2. The van der Waals surface area contributed by atoms with Gasteiger partial charge in [-0.25, -0.2) is 4.79 Å². The first-order chi connectivity index (χ1) is 7.11. The minimum atomic E-state index is -0.313. The number of nitrogens with one attached hydrogen (secondary N) is 1. The van der Waals surface area contributed by atoms with Crippen molar-refractivity contribution < 1.29 is 0 Å². The van der Waals surface area contributed by atoms with E-state index in [0.717, 1.165) is 4.57 Å². The summed E-state index contributed by atoms with van der Waals surface area (Å²) in [5.41, 5.74) is -0.197. The Labute approximate surface area is 87.7 Å². The van der Waals surface area contributed by atoms with Crippen molar-refractivity contribution in [3.63, 3.8) is 0 Å². The van der Waals surface area contributed by atoms with Gasteiger partial charge in [-0.05, 0) is 6.92 Å². The van der Waals surface area contributed by atoms with Crippen LogP contribution in [0.5, 0.6) is 0 Å². The first-order valence-electron chi connectivity index (χ1n) is 4.77. The molecule has 5 nitrogen and oxygen atoms in total. The molecule has 0 unspecified atom stereocenters. The summed E-state index contributed by atoms with van der Waals surface area (Å²) in [5, 5.41) is 2.89. The van der Waals surface area contributed by atoms with Gasteiger partial charge in [0.05, 0.1) is 0 Å². The van der Waals surface area contributed by atoms with Crippen LogP contribution in [0.3, 0.4) is 0 Å². The molecule has 82 valence electrons. The Kier molecular flexibility index (Phi) is 3.49. The lowest BCUT2D eigenvalue weighted by Gasteiger charge is -2.09. The lowest BCUT2D eigenvalue weighted by molar-refractivity contribution is 0.631. The standard InChI is InChI=1S/C10H15N3O2/c1-4-6-11-8-7-13(5-2)10(15)12(3)9(8)14/h4,7,11H,1,5-6H2,2-3H3. The van der Waals surface area contributed by atoms with E-state index < -0.39 is 0 Å². The smallest absolute Gasteiger partial charge is 0.330 e. The van der Waals surface area contributed by atoms with E-state index in [-0.39, 0.29) is 11.2 Å². The Morgan fingerprint density at radius 1 is 1.53 bits per heavy atom. The molecule has 1 N–H and O–H groups in total. The van der Waals surface area contributed by atoms with Gasteiger partial charge in [0, 0.05) is 26.3 Å². The number of anilines is 1. The van der Waals surface area contributed by atoms with Gasteiger partial charge in [0.25, 0.3) is 5.56 Å². The molecule has 1 aromatic heterocycles. The summed E-state index contributed by atoms with van der Waals surface area (Å²) in [6, 6.07) is 0. The fourth-order valence-corrected chi connectivity index (χ4v) is 1.26. The second-order valence-corrected chi connectivity index (χ2v) is 3.15. The van der Waals surface area contributed by atoms with Crippen molar-refractivity contribution in [3.05, 3.63) is 39.7 Å². The molecule has 1 aromatic rings. The molecule has 0 bridgehead atoms. The Balaban J connectivity index is 3.29. The van der Waals surface area contributed by atoms with E-state index in [1.807, 2.05) is 6.92 Å². The van der Waals surface area contributed by atoms with Crippen LogP contribution in [0.15, 0.2) is 28.4 Å². The minimum absolute atomic E-state index is 0.299. The highest BCUT2D eigenvalue weighted by atomic mass is 16.2. The normalized spacial score (nSPS) is 10.0. The fraction of sp³-hybridized carbons (Fsp3) is 0.400. The Morgan fingerprint density at radius 2 is 2.20 bits per heavy atom. The first-order valence-corrected chi connectivity index (χ1v) is 4.77. The van der Waals surface area contributed by atoms with Crippen LogP contribution < -0.4 is 16.6 Å². The predicted molar refractivity (Wildman–Crippen MR) is 60.3 cm³/mol. The Bertz CT molecular complexity index is 471. The van der Waals surface area contributed by atoms with Crippen LogP contribution in [-0.4, -0.2) is 15.7 Å². The summed E-state index contributed by atoms with van der Waals surface area (Å²) in [5.74, 6) is 0. The van der Waals surface area contributed by atoms with Gasteiger partial charge in [-0.3, -0.25) is 13.9 Å². The van der Waals surface area contributed by atoms with Crippen molar-refractivity contribution in [2.75, 3.05) is 11.9 Å². The molecular formula is C10H15N3O2. The molecular weight excluding hydrogens is 194 g/mol. The molecule has 0 spiro atoms. The third kappa shape index (κ3) is 2.18. The summed E-state index contributed by atoms with van der Waals surface area (Å²) in [4.78, 5) is 23.1. The van der Waals surface area contributed by atoms with Gasteiger partial charge in [0.2, 0.25) is 0 Å². The topological polar surface area (TPSA) is 56.0 Å². The van der Waals surface area contributed by atoms with Crippen LogP contribution in [0.2, 0.25) is 0 Å². The molecule has 0 fully saturated rings. The minimum Gasteiger partial charge on any atom is -0.376 e. The molecule has 5 heteroatoms. The average Bonchev–Trinajstić information content (AvgIpc) is 2.25. The molecule has 0 radical (unpaired) electrons. The monoisotopic (exact) mass is 209 g/mol. The van der Waals surface area contributed by atoms with E-state index in [0.29, 0.717) is 18.8 Å². The quantitative estimate of drug-likeness (QED) is 0.719. The summed E-state index contributed by atoms with van der Waals surface area (Å²) in [6.45, 7) is 6.43. The lowest BCUT2D eigenvalue weighted by Crippen LogP contribution is -2.38. The maximum absolute atomic E-state index is 11.6. The fourth-order valence-electron chi connectivity index (χ4n) is 1.26. The van der Waals surface area contributed by atoms with E-state index in [9.17, 15) is 9.59 Å². The molecule has 15 heavy (non-hydrogen) atoms. The average molecular weight is 209 g/mol. The maximum atomic E-state index is 11.6. The van der Waals surface area contributed by atoms with Gasteiger partial charge in [-0.15, -0.1) is 6.58 Å². The summed E-state index contributed by atoms with van der Waals surface area (Å²) in [6.07, 6.45) is 3.19. The number of hydrogen-bond donors (Lipinski definition) is 1. The molecule has 0 atom stereocenters. The molecule has 0 aliphatic heterocycles. The van der Waals surface area contributed by atoms with Crippen molar-refractivity contribution in [2.24, 2.45) is 7.05 Å². The van der Waals surface area contributed by atoms with Crippen molar-refractivity contribution in [3.8, 4) is 0 Å². The highest BCUT2D eigenvalue weighted by Gasteiger charge is 2.06. The zero-order chi connectivity index (χ0) is 11.4. The van der Waals surface area contributed by atoms with Crippen LogP contribution in [0.4, 0.5) is 5.69 Å². The molecule has 0 saturated heterocycles. The molecule has 1 heterocycles. The van der Waals surface area contributed by atoms with Gasteiger partial charge >= 0.3 is 5.69 Å². The second kappa shape index (κ2) is 4.63. The van der Waals surface area contributed by atoms with E-state index in [2.05, 4.69) is 11.9 Å².